The van der Waals surface area contributed by atoms with E-state index in [2.05, 4.69) is 9.88 Å². The number of hydrogen-bond acceptors (Lipinski definition) is 3. The molecule has 0 unspecified atom stereocenters. The average molecular weight is 339 g/mol. The van der Waals surface area contributed by atoms with Gasteiger partial charge in [0.05, 0.1) is 10.9 Å². The molecule has 4 heteroatoms. The second kappa shape index (κ2) is 7.28. The van der Waals surface area contributed by atoms with Crippen LogP contribution in [-0.4, -0.2) is 34.1 Å². The summed E-state index contributed by atoms with van der Waals surface area (Å²) < 4.78 is 1.90. The van der Waals surface area contributed by atoms with Crippen molar-refractivity contribution in [2.75, 3.05) is 19.6 Å². The molecule has 2 aromatic rings. The van der Waals surface area contributed by atoms with Gasteiger partial charge in [-0.1, -0.05) is 25.0 Å². The summed E-state index contributed by atoms with van der Waals surface area (Å²) in [5.41, 5.74) is 0.934. The first kappa shape index (κ1) is 16.8. The van der Waals surface area contributed by atoms with Gasteiger partial charge in [-0.3, -0.25) is 9.36 Å². The molecule has 1 aromatic heterocycles. The Hall–Kier alpha value is -1.68. The van der Waals surface area contributed by atoms with Gasteiger partial charge in [-0.15, -0.1) is 0 Å². The molecule has 2 heterocycles. The van der Waals surface area contributed by atoms with Crippen molar-refractivity contribution >= 4 is 10.9 Å². The van der Waals surface area contributed by atoms with Crippen molar-refractivity contribution < 1.29 is 0 Å². The summed E-state index contributed by atoms with van der Waals surface area (Å²) in [5.74, 6) is 2.38. The van der Waals surface area contributed by atoms with Crippen LogP contribution >= 0.6 is 0 Å². The number of para-hydroxylation sites is 1. The number of rotatable bonds is 4. The van der Waals surface area contributed by atoms with Gasteiger partial charge in [0.1, 0.15) is 5.82 Å². The molecule has 1 aliphatic carbocycles. The van der Waals surface area contributed by atoms with Gasteiger partial charge in [0.15, 0.2) is 0 Å². The number of hydrogen-bond donors (Lipinski definition) is 0. The summed E-state index contributed by atoms with van der Waals surface area (Å²) in [7, 11) is 0. The predicted octanol–water partition coefficient (Wildman–Crippen LogP) is 3.61. The van der Waals surface area contributed by atoms with E-state index in [1.165, 1.54) is 58.2 Å². The van der Waals surface area contributed by atoms with Crippen LogP contribution in [0, 0.1) is 18.8 Å². The summed E-state index contributed by atoms with van der Waals surface area (Å²) in [6.07, 6.45) is 8.11. The van der Waals surface area contributed by atoms with Gasteiger partial charge in [0.2, 0.25) is 0 Å². The number of likely N-dealkylation sites (tertiary alicyclic amines) is 1. The molecule has 4 rings (SSSR count). The molecule has 0 bridgehead atoms. The lowest BCUT2D eigenvalue weighted by Gasteiger charge is -2.34. The van der Waals surface area contributed by atoms with Gasteiger partial charge < -0.3 is 4.90 Å². The fourth-order valence-electron chi connectivity index (χ4n) is 4.66. The topological polar surface area (TPSA) is 38.1 Å². The number of aryl methyl sites for hydroxylation is 1. The van der Waals surface area contributed by atoms with Crippen molar-refractivity contribution in [3.63, 3.8) is 0 Å². The van der Waals surface area contributed by atoms with E-state index in [0.717, 1.165) is 29.2 Å². The number of aromatic nitrogens is 2. The van der Waals surface area contributed by atoms with Crippen molar-refractivity contribution in [1.82, 2.24) is 14.5 Å². The minimum absolute atomic E-state index is 0.122. The first-order valence-corrected chi connectivity index (χ1v) is 9.89. The highest BCUT2D eigenvalue weighted by Crippen LogP contribution is 2.27. The third-order valence-corrected chi connectivity index (χ3v) is 6.19. The summed E-state index contributed by atoms with van der Waals surface area (Å²) in [6, 6.07) is 7.69. The highest BCUT2D eigenvalue weighted by Gasteiger charge is 2.24. The van der Waals surface area contributed by atoms with Crippen molar-refractivity contribution in [1.29, 1.82) is 0 Å². The van der Waals surface area contributed by atoms with Crippen LogP contribution in [0.2, 0.25) is 0 Å². The van der Waals surface area contributed by atoms with E-state index in [4.69, 9.17) is 0 Å². The molecule has 1 saturated heterocycles. The minimum Gasteiger partial charge on any atom is -0.303 e. The Morgan fingerprint density at radius 3 is 2.44 bits per heavy atom. The normalized spacial score (nSPS) is 20.5. The molecule has 0 N–H and O–H groups in total. The molecular formula is C21H29N3O. The first-order chi connectivity index (χ1) is 12.2. The molecule has 0 amide bonds. The predicted molar refractivity (Wildman–Crippen MR) is 102 cm³/mol. The van der Waals surface area contributed by atoms with Crippen LogP contribution in [0.1, 0.15) is 44.3 Å². The zero-order valence-electron chi connectivity index (χ0n) is 15.3. The molecule has 25 heavy (non-hydrogen) atoms. The van der Waals surface area contributed by atoms with E-state index in [-0.39, 0.29) is 5.56 Å². The fourth-order valence-corrected chi connectivity index (χ4v) is 4.66. The van der Waals surface area contributed by atoms with Crippen LogP contribution in [0.5, 0.6) is 0 Å². The van der Waals surface area contributed by atoms with Gasteiger partial charge in [-0.05, 0) is 69.7 Å². The summed E-state index contributed by atoms with van der Waals surface area (Å²) in [4.78, 5) is 20.1. The number of nitrogens with zero attached hydrogens (tertiary/aromatic N) is 3. The van der Waals surface area contributed by atoms with Crippen LogP contribution < -0.4 is 5.56 Å². The van der Waals surface area contributed by atoms with E-state index >= 15 is 0 Å². The number of benzene rings is 1. The monoisotopic (exact) mass is 339 g/mol. The zero-order chi connectivity index (χ0) is 17.2. The van der Waals surface area contributed by atoms with Gasteiger partial charge in [0, 0.05) is 13.1 Å². The van der Waals surface area contributed by atoms with Crippen LogP contribution in [0.15, 0.2) is 29.1 Å². The molecule has 1 saturated carbocycles. The second-order valence-electron chi connectivity index (χ2n) is 7.99. The fraction of sp³-hybridized carbons (Fsp3) is 0.619. The highest BCUT2D eigenvalue weighted by atomic mass is 16.1. The molecular weight excluding hydrogens is 310 g/mol. The van der Waals surface area contributed by atoms with E-state index in [1.807, 2.05) is 35.8 Å². The lowest BCUT2D eigenvalue weighted by molar-refractivity contribution is 0.152. The Labute approximate surface area is 149 Å². The molecule has 2 aliphatic rings. The standard InChI is InChI=1S/C21H29N3O/c1-16-22-20-9-5-4-8-19(20)21(25)24(16)15-18-10-12-23(13-11-18)14-17-6-2-3-7-17/h4-5,8-9,17-18H,2-3,6-7,10-15H2,1H3. The minimum atomic E-state index is 0.122. The first-order valence-electron chi connectivity index (χ1n) is 9.89. The maximum Gasteiger partial charge on any atom is 0.261 e. The molecule has 0 atom stereocenters. The third kappa shape index (κ3) is 3.64. The highest BCUT2D eigenvalue weighted by molar-refractivity contribution is 5.77. The van der Waals surface area contributed by atoms with Gasteiger partial charge in [-0.2, -0.15) is 0 Å². The zero-order valence-corrected chi connectivity index (χ0v) is 15.3. The SMILES string of the molecule is Cc1nc2ccccc2c(=O)n1CC1CCN(CC2CCCC2)CC1. The van der Waals surface area contributed by atoms with Crippen LogP contribution in [-0.2, 0) is 6.54 Å². The Kier molecular flexibility index (Phi) is 4.89. The summed E-state index contributed by atoms with van der Waals surface area (Å²) in [5, 5.41) is 0.742. The maximum atomic E-state index is 12.8. The lowest BCUT2D eigenvalue weighted by atomic mass is 9.95. The Morgan fingerprint density at radius 1 is 1.00 bits per heavy atom. The molecule has 4 nitrogen and oxygen atoms in total. The molecule has 0 radical (unpaired) electrons. The second-order valence-corrected chi connectivity index (χ2v) is 7.99. The van der Waals surface area contributed by atoms with Crippen molar-refractivity contribution in [3.05, 3.63) is 40.4 Å². The lowest BCUT2D eigenvalue weighted by Crippen LogP contribution is -2.39. The van der Waals surface area contributed by atoms with E-state index in [9.17, 15) is 4.79 Å². The summed E-state index contributed by atoms with van der Waals surface area (Å²) in [6.45, 7) is 6.46. The van der Waals surface area contributed by atoms with E-state index in [0.29, 0.717) is 5.92 Å². The third-order valence-electron chi connectivity index (χ3n) is 6.19. The number of piperidine rings is 1. The molecule has 2 fully saturated rings. The Balaban J connectivity index is 1.41. The van der Waals surface area contributed by atoms with Gasteiger partial charge >= 0.3 is 0 Å². The average Bonchev–Trinajstić information content (AvgIpc) is 3.13. The van der Waals surface area contributed by atoms with Gasteiger partial charge in [0.25, 0.3) is 5.56 Å². The van der Waals surface area contributed by atoms with E-state index < -0.39 is 0 Å². The Morgan fingerprint density at radius 2 is 1.68 bits per heavy atom. The number of fused-ring (bicyclic) bond motifs is 1. The van der Waals surface area contributed by atoms with E-state index in [1.54, 1.807) is 0 Å². The van der Waals surface area contributed by atoms with Crippen LogP contribution in [0.25, 0.3) is 10.9 Å². The van der Waals surface area contributed by atoms with Crippen molar-refractivity contribution in [2.24, 2.45) is 11.8 Å². The largest absolute Gasteiger partial charge is 0.303 e. The quantitative estimate of drug-likeness (QED) is 0.854. The molecule has 1 aliphatic heterocycles. The molecule has 0 spiro atoms. The van der Waals surface area contributed by atoms with Crippen molar-refractivity contribution in [3.8, 4) is 0 Å². The van der Waals surface area contributed by atoms with Crippen LogP contribution in [0.4, 0.5) is 0 Å². The molecule has 134 valence electrons. The smallest absolute Gasteiger partial charge is 0.261 e. The maximum absolute atomic E-state index is 12.8. The molecule has 1 aromatic carbocycles. The summed E-state index contributed by atoms with van der Waals surface area (Å²) >= 11 is 0. The van der Waals surface area contributed by atoms with Gasteiger partial charge in [-0.25, -0.2) is 4.98 Å². The van der Waals surface area contributed by atoms with Crippen LogP contribution in [0.3, 0.4) is 0 Å². The Bertz CT molecular complexity index is 783. The van der Waals surface area contributed by atoms with Crippen molar-refractivity contribution in [2.45, 2.75) is 52.0 Å².